The van der Waals surface area contributed by atoms with Gasteiger partial charge in [-0.2, -0.15) is 13.2 Å². The van der Waals surface area contributed by atoms with Crippen LogP contribution in [0.2, 0.25) is 0 Å². The summed E-state index contributed by atoms with van der Waals surface area (Å²) in [6.07, 6.45) is -1.75. The minimum atomic E-state index is -4.86. The van der Waals surface area contributed by atoms with Crippen LogP contribution >= 0.6 is 0 Å². The summed E-state index contributed by atoms with van der Waals surface area (Å²) in [7, 11) is 0. The Morgan fingerprint density at radius 2 is 1.64 bits per heavy atom. The first kappa shape index (κ1) is 28.1. The zero-order chi connectivity index (χ0) is 26.3. The third kappa shape index (κ3) is 8.56. The van der Waals surface area contributed by atoms with Crippen LogP contribution in [0.3, 0.4) is 0 Å². The molecule has 36 heavy (non-hydrogen) atoms. The fourth-order valence-electron chi connectivity index (χ4n) is 4.66. The monoisotopic (exact) mass is 523 g/mol. The second-order valence-corrected chi connectivity index (χ2v) is 9.00. The molecule has 0 saturated carbocycles. The Labute approximate surface area is 205 Å². The molecule has 6 N–H and O–H groups in total. The zero-order valence-corrected chi connectivity index (χ0v) is 19.5. The maximum atomic E-state index is 14.1. The van der Waals surface area contributed by atoms with Gasteiger partial charge >= 0.3 is 18.6 Å². The second-order valence-electron chi connectivity index (χ2n) is 9.00. The van der Waals surface area contributed by atoms with Crippen molar-refractivity contribution in [3.63, 3.8) is 0 Å². The van der Waals surface area contributed by atoms with Gasteiger partial charge in [-0.1, -0.05) is 37.8 Å². The van der Waals surface area contributed by atoms with Crippen LogP contribution in [0.5, 0.6) is 5.75 Å². The first-order chi connectivity index (χ1) is 16.9. The highest BCUT2D eigenvalue weighted by atomic mass is 19.4. The Bertz CT molecular complexity index is 877. The molecule has 3 rings (SSSR count). The minimum Gasteiger partial charge on any atom is -0.406 e. The molecule has 1 aliphatic carbocycles. The van der Waals surface area contributed by atoms with Gasteiger partial charge in [0, 0.05) is 11.6 Å². The summed E-state index contributed by atoms with van der Waals surface area (Å²) in [6.45, 7) is 0. The number of halogens is 6. The molecule has 1 aromatic carbocycles. The highest BCUT2D eigenvalue weighted by molar-refractivity contribution is 5.89. The van der Waals surface area contributed by atoms with Crippen molar-refractivity contribution in [1.29, 1.82) is 0 Å². The number of ether oxygens (including phenoxy) is 1. The van der Waals surface area contributed by atoms with Crippen molar-refractivity contribution in [2.75, 3.05) is 5.32 Å². The second kappa shape index (κ2) is 12.2. The molecule has 1 fully saturated rings. The summed E-state index contributed by atoms with van der Waals surface area (Å²) >= 11 is 0. The van der Waals surface area contributed by atoms with Gasteiger partial charge in [0.2, 0.25) is 0 Å². The number of nitrogens with two attached hydrogens (primary N) is 1. The molecule has 5 unspecified atom stereocenters. The maximum Gasteiger partial charge on any atom is 0.573 e. The number of carbonyl (C=O) groups excluding carboxylic acids is 1. The van der Waals surface area contributed by atoms with E-state index in [4.69, 9.17) is 5.73 Å². The summed E-state index contributed by atoms with van der Waals surface area (Å²) in [6, 6.07) is 1.47. The van der Waals surface area contributed by atoms with Crippen molar-refractivity contribution in [2.45, 2.75) is 76.0 Å². The predicted molar refractivity (Wildman–Crippen MR) is 122 cm³/mol. The maximum absolute atomic E-state index is 14.1. The first-order valence-corrected chi connectivity index (χ1v) is 11.9. The number of urea groups is 1. The lowest BCUT2D eigenvalue weighted by atomic mass is 9.78. The molecular formula is C23H31F6N5O2. The fraction of sp³-hybridized carbons (Fsp3) is 0.609. The van der Waals surface area contributed by atoms with Gasteiger partial charge < -0.3 is 21.1 Å². The molecule has 2 amide bonds. The minimum absolute atomic E-state index is 0.110. The number of alkyl halides is 6. The van der Waals surface area contributed by atoms with Crippen molar-refractivity contribution < 1.29 is 35.9 Å². The Hall–Kier alpha value is -2.51. The number of hydrogen-bond donors (Lipinski definition) is 5. The molecule has 2 aliphatic rings. The van der Waals surface area contributed by atoms with E-state index < -0.39 is 54.7 Å². The van der Waals surface area contributed by atoms with Crippen LogP contribution in [-0.2, 0) is 0 Å². The number of allylic oxidation sites excluding steroid dienone is 2. The molecule has 1 saturated heterocycles. The lowest BCUT2D eigenvalue weighted by molar-refractivity contribution is -0.274. The SMILES string of the molecule is NC1NC(NC(=O)Nc2ccc(OC(F)(F)F)cc2)NC(C(F)(F)F)C1C1/C=C\CCCCCCC1. The van der Waals surface area contributed by atoms with Crippen LogP contribution in [0.15, 0.2) is 36.4 Å². The lowest BCUT2D eigenvalue weighted by Crippen LogP contribution is -2.74. The average Bonchev–Trinajstić information content (AvgIpc) is 2.77. The van der Waals surface area contributed by atoms with Crippen LogP contribution in [0.1, 0.15) is 44.9 Å². The third-order valence-electron chi connectivity index (χ3n) is 6.26. The number of anilines is 1. The zero-order valence-electron chi connectivity index (χ0n) is 19.5. The molecular weight excluding hydrogens is 492 g/mol. The van der Waals surface area contributed by atoms with Crippen LogP contribution in [0.25, 0.3) is 0 Å². The Morgan fingerprint density at radius 1 is 0.972 bits per heavy atom. The van der Waals surface area contributed by atoms with Gasteiger partial charge in [-0.25, -0.2) is 4.79 Å². The number of nitrogens with one attached hydrogen (secondary N) is 4. The van der Waals surface area contributed by atoms with E-state index in [0.29, 0.717) is 6.42 Å². The van der Waals surface area contributed by atoms with Gasteiger partial charge in [-0.15, -0.1) is 13.2 Å². The molecule has 13 heteroatoms. The number of rotatable bonds is 4. The van der Waals surface area contributed by atoms with Crippen molar-refractivity contribution in [2.24, 2.45) is 17.6 Å². The van der Waals surface area contributed by atoms with E-state index >= 15 is 0 Å². The van der Waals surface area contributed by atoms with Gasteiger partial charge in [0.25, 0.3) is 0 Å². The van der Waals surface area contributed by atoms with Crippen LogP contribution in [0, 0.1) is 11.8 Å². The third-order valence-corrected chi connectivity index (χ3v) is 6.26. The van der Waals surface area contributed by atoms with Crippen LogP contribution < -0.4 is 31.7 Å². The number of amides is 2. The Kier molecular flexibility index (Phi) is 9.47. The highest BCUT2D eigenvalue weighted by Gasteiger charge is 2.52. The van der Waals surface area contributed by atoms with Gasteiger partial charge in [-0.05, 0) is 49.4 Å². The largest absolute Gasteiger partial charge is 0.573 e. The molecule has 0 bridgehead atoms. The molecule has 0 aromatic heterocycles. The standard InChI is InChI=1S/C23H31F6N5O2/c24-22(25,26)18-17(14-8-6-4-2-1-3-5-7-9-14)19(30)33-20(32-18)34-21(35)31-15-10-12-16(13-11-15)36-23(27,28)29/h6,8,10-14,17-20,32-33H,1-5,7,9,30H2,(H2,31,34,35)/b8-6-. The van der Waals surface area contributed by atoms with E-state index in [9.17, 15) is 31.1 Å². The molecule has 1 aliphatic heterocycles. The Morgan fingerprint density at radius 3 is 2.31 bits per heavy atom. The fourth-order valence-corrected chi connectivity index (χ4v) is 4.66. The van der Waals surface area contributed by atoms with Crippen LogP contribution in [-0.4, -0.2) is 37.1 Å². The highest BCUT2D eigenvalue weighted by Crippen LogP contribution is 2.36. The van der Waals surface area contributed by atoms with Gasteiger partial charge in [0.15, 0.2) is 0 Å². The molecule has 202 valence electrons. The summed E-state index contributed by atoms with van der Waals surface area (Å²) in [4.78, 5) is 12.3. The van der Waals surface area contributed by atoms with Crippen molar-refractivity contribution >= 4 is 11.7 Å². The van der Waals surface area contributed by atoms with Gasteiger partial charge in [-0.3, -0.25) is 10.6 Å². The van der Waals surface area contributed by atoms with E-state index in [1.165, 1.54) is 0 Å². The van der Waals surface area contributed by atoms with Gasteiger partial charge in [0.05, 0.1) is 6.17 Å². The molecule has 1 aromatic rings. The van der Waals surface area contributed by atoms with Gasteiger partial charge in [0.1, 0.15) is 18.1 Å². The summed E-state index contributed by atoms with van der Waals surface area (Å²) in [5.41, 5.74) is 6.29. The van der Waals surface area contributed by atoms with E-state index in [1.54, 1.807) is 0 Å². The van der Waals surface area contributed by atoms with E-state index in [0.717, 1.165) is 62.8 Å². The molecule has 5 atom stereocenters. The molecule has 0 spiro atoms. The molecule has 0 radical (unpaired) electrons. The summed E-state index contributed by atoms with van der Waals surface area (Å²) in [5, 5.41) is 9.90. The van der Waals surface area contributed by atoms with Crippen molar-refractivity contribution in [3.8, 4) is 5.75 Å². The summed E-state index contributed by atoms with van der Waals surface area (Å²) in [5.74, 6) is -1.86. The first-order valence-electron chi connectivity index (χ1n) is 11.9. The number of benzene rings is 1. The number of hydrogen-bond acceptors (Lipinski definition) is 5. The average molecular weight is 524 g/mol. The van der Waals surface area contributed by atoms with Crippen molar-refractivity contribution in [1.82, 2.24) is 16.0 Å². The molecule has 1 heterocycles. The predicted octanol–water partition coefficient (Wildman–Crippen LogP) is 4.93. The quantitative estimate of drug-likeness (QED) is 0.285. The van der Waals surface area contributed by atoms with Crippen molar-refractivity contribution in [3.05, 3.63) is 36.4 Å². The Balaban J connectivity index is 1.64. The van der Waals surface area contributed by atoms with Crippen LogP contribution in [0.4, 0.5) is 36.8 Å². The van der Waals surface area contributed by atoms with E-state index in [2.05, 4.69) is 26.0 Å². The molecule has 7 nitrogen and oxygen atoms in total. The van der Waals surface area contributed by atoms with E-state index in [1.807, 2.05) is 12.2 Å². The normalized spacial score (nSPS) is 29.1. The summed E-state index contributed by atoms with van der Waals surface area (Å²) < 4.78 is 82.8. The lowest BCUT2D eigenvalue weighted by Gasteiger charge is -2.45. The smallest absolute Gasteiger partial charge is 0.406 e. The van der Waals surface area contributed by atoms with E-state index in [-0.39, 0.29) is 5.69 Å². The number of carbonyl (C=O) groups is 1. The topological polar surface area (TPSA) is 100 Å².